The van der Waals surface area contributed by atoms with E-state index in [0.29, 0.717) is 5.69 Å². The molecule has 29 heavy (non-hydrogen) atoms. The minimum atomic E-state index is -1.44. The van der Waals surface area contributed by atoms with Gasteiger partial charge in [0, 0.05) is 12.1 Å². The lowest BCUT2D eigenvalue weighted by Crippen LogP contribution is -2.42. The number of esters is 1. The van der Waals surface area contributed by atoms with Gasteiger partial charge < -0.3 is 10.1 Å². The molecule has 3 aromatic rings. The summed E-state index contributed by atoms with van der Waals surface area (Å²) in [5.41, 5.74) is 3.32. The van der Waals surface area contributed by atoms with Crippen LogP contribution in [0.15, 0.2) is 84.9 Å². The predicted molar refractivity (Wildman–Crippen MR) is 109 cm³/mol. The summed E-state index contributed by atoms with van der Waals surface area (Å²) in [5, 5.41) is 2.65. The van der Waals surface area contributed by atoms with Crippen molar-refractivity contribution in [3.8, 4) is 11.1 Å². The normalized spacial score (nSPS) is 18.8. The molecule has 1 aliphatic rings. The van der Waals surface area contributed by atoms with Crippen LogP contribution >= 0.6 is 0 Å². The van der Waals surface area contributed by atoms with Gasteiger partial charge in [0.25, 0.3) is 0 Å². The van der Waals surface area contributed by atoms with Gasteiger partial charge in [-0.2, -0.15) is 0 Å². The molecule has 0 saturated carbocycles. The molecular weight excluding hydrogens is 366 g/mol. The first-order chi connectivity index (χ1) is 14.1. The van der Waals surface area contributed by atoms with Crippen molar-refractivity contribution in [3.63, 3.8) is 0 Å². The topological polar surface area (TPSA) is 72.5 Å². The zero-order chi connectivity index (χ0) is 20.2. The van der Waals surface area contributed by atoms with Gasteiger partial charge in [-0.25, -0.2) is 0 Å². The maximum absolute atomic E-state index is 12.6. The third-order valence-corrected chi connectivity index (χ3v) is 4.90. The molecule has 1 N–H and O–H groups in total. The molecule has 2 atom stereocenters. The van der Waals surface area contributed by atoms with E-state index < -0.39 is 29.7 Å². The minimum Gasteiger partial charge on any atom is -0.456 e. The van der Waals surface area contributed by atoms with Crippen LogP contribution in [-0.4, -0.2) is 17.7 Å². The van der Waals surface area contributed by atoms with Crippen molar-refractivity contribution in [2.45, 2.75) is 12.5 Å². The Morgan fingerprint density at radius 2 is 1.38 bits per heavy atom. The molecule has 1 aliphatic heterocycles. The highest BCUT2D eigenvalue weighted by molar-refractivity contribution is 6.21. The Labute approximate surface area is 168 Å². The van der Waals surface area contributed by atoms with E-state index in [-0.39, 0.29) is 6.42 Å². The molecule has 1 heterocycles. The summed E-state index contributed by atoms with van der Waals surface area (Å²) in [6.07, 6.45) is -0.661. The number of carbonyl (C=O) groups is 3. The number of amides is 1. The molecular formula is C24H19NO4. The van der Waals surface area contributed by atoms with Gasteiger partial charge >= 0.3 is 5.97 Å². The van der Waals surface area contributed by atoms with Crippen LogP contribution in [0.4, 0.5) is 5.69 Å². The van der Waals surface area contributed by atoms with Crippen LogP contribution in [-0.2, 0) is 19.1 Å². The van der Waals surface area contributed by atoms with E-state index in [1.807, 2.05) is 60.7 Å². The van der Waals surface area contributed by atoms with E-state index in [1.54, 1.807) is 24.3 Å². The Balaban J connectivity index is 1.43. The number of hydrogen-bond acceptors (Lipinski definition) is 4. The predicted octanol–water partition coefficient (Wildman–Crippen LogP) is 4.17. The summed E-state index contributed by atoms with van der Waals surface area (Å²) in [6.45, 7) is 0. The maximum atomic E-state index is 12.6. The quantitative estimate of drug-likeness (QED) is 0.541. The Morgan fingerprint density at radius 1 is 0.793 bits per heavy atom. The third kappa shape index (κ3) is 4.09. The number of cyclic esters (lactones) is 1. The lowest BCUT2D eigenvalue weighted by Gasteiger charge is -2.26. The lowest BCUT2D eigenvalue weighted by molar-refractivity contribution is -0.166. The molecule has 0 bridgehead atoms. The number of anilines is 1. The zero-order valence-corrected chi connectivity index (χ0v) is 15.6. The second kappa shape index (κ2) is 8.10. The largest absolute Gasteiger partial charge is 0.456 e. The van der Waals surface area contributed by atoms with Gasteiger partial charge in [-0.15, -0.1) is 0 Å². The number of rotatable bonds is 4. The summed E-state index contributed by atoms with van der Waals surface area (Å²) in [6, 6.07) is 26.1. The van der Waals surface area contributed by atoms with Crippen molar-refractivity contribution in [3.05, 3.63) is 90.5 Å². The van der Waals surface area contributed by atoms with Crippen LogP contribution in [0.25, 0.3) is 11.1 Å². The van der Waals surface area contributed by atoms with Gasteiger partial charge in [-0.1, -0.05) is 72.8 Å². The van der Waals surface area contributed by atoms with Crippen LogP contribution in [0.3, 0.4) is 0 Å². The summed E-state index contributed by atoms with van der Waals surface area (Å²) in [4.78, 5) is 37.4. The van der Waals surface area contributed by atoms with Gasteiger partial charge in [-0.3, -0.25) is 14.4 Å². The summed E-state index contributed by atoms with van der Waals surface area (Å²) in [5.74, 6) is -3.36. The van der Waals surface area contributed by atoms with Crippen LogP contribution in [0.1, 0.15) is 18.1 Å². The van der Waals surface area contributed by atoms with Crippen molar-refractivity contribution in [2.75, 3.05) is 5.32 Å². The van der Waals surface area contributed by atoms with Gasteiger partial charge in [0.1, 0.15) is 6.10 Å². The molecule has 1 saturated heterocycles. The molecule has 0 spiro atoms. The molecule has 144 valence electrons. The fraction of sp³-hybridized carbons (Fsp3) is 0.125. The van der Waals surface area contributed by atoms with E-state index >= 15 is 0 Å². The average molecular weight is 385 g/mol. The van der Waals surface area contributed by atoms with Crippen molar-refractivity contribution in [1.82, 2.24) is 0 Å². The Morgan fingerprint density at radius 3 is 2.00 bits per heavy atom. The zero-order valence-electron chi connectivity index (χ0n) is 15.6. The standard InChI is InChI=1S/C24H19NO4/c26-20-15-21(18-9-5-2-6-10-18)29-24(28)22(20)23(27)25-19-13-11-17(12-14-19)16-7-3-1-4-8-16/h1-14,21-22H,15H2,(H,25,27). The summed E-state index contributed by atoms with van der Waals surface area (Å²) >= 11 is 0. The fourth-order valence-corrected chi connectivity index (χ4v) is 3.38. The highest BCUT2D eigenvalue weighted by Gasteiger charge is 2.42. The maximum Gasteiger partial charge on any atom is 0.326 e. The second-order valence-electron chi connectivity index (χ2n) is 6.87. The molecule has 2 unspecified atom stereocenters. The lowest BCUT2D eigenvalue weighted by atomic mass is 9.92. The first-order valence-electron chi connectivity index (χ1n) is 9.36. The molecule has 3 aromatic carbocycles. The number of Topliss-reactive ketones (excluding diaryl/α,β-unsaturated/α-hetero) is 1. The van der Waals surface area contributed by atoms with E-state index in [1.165, 1.54) is 0 Å². The van der Waals surface area contributed by atoms with Crippen molar-refractivity contribution in [2.24, 2.45) is 5.92 Å². The molecule has 5 nitrogen and oxygen atoms in total. The summed E-state index contributed by atoms with van der Waals surface area (Å²) < 4.78 is 5.37. The number of hydrogen-bond donors (Lipinski definition) is 1. The number of ketones is 1. The molecule has 1 amide bonds. The van der Waals surface area contributed by atoms with E-state index in [0.717, 1.165) is 16.7 Å². The smallest absolute Gasteiger partial charge is 0.326 e. The van der Waals surface area contributed by atoms with E-state index in [9.17, 15) is 14.4 Å². The minimum absolute atomic E-state index is 0.0131. The van der Waals surface area contributed by atoms with Gasteiger partial charge in [0.05, 0.1) is 0 Å². The van der Waals surface area contributed by atoms with Crippen LogP contribution in [0, 0.1) is 5.92 Å². The van der Waals surface area contributed by atoms with E-state index in [4.69, 9.17) is 4.74 Å². The highest BCUT2D eigenvalue weighted by atomic mass is 16.5. The van der Waals surface area contributed by atoms with Crippen molar-refractivity contribution in [1.29, 1.82) is 0 Å². The monoisotopic (exact) mass is 385 g/mol. The first kappa shape index (κ1) is 18.6. The number of carbonyl (C=O) groups excluding carboxylic acids is 3. The fourth-order valence-electron chi connectivity index (χ4n) is 3.38. The second-order valence-corrected chi connectivity index (χ2v) is 6.87. The molecule has 4 rings (SSSR count). The van der Waals surface area contributed by atoms with Crippen LogP contribution < -0.4 is 5.32 Å². The first-order valence-corrected chi connectivity index (χ1v) is 9.36. The molecule has 0 aromatic heterocycles. The summed E-state index contributed by atoms with van der Waals surface area (Å²) in [7, 11) is 0. The van der Waals surface area contributed by atoms with Gasteiger partial charge in [0.2, 0.25) is 5.91 Å². The molecule has 5 heteroatoms. The Hall–Kier alpha value is -3.73. The average Bonchev–Trinajstić information content (AvgIpc) is 2.75. The Bertz CT molecular complexity index is 1010. The Kier molecular flexibility index (Phi) is 5.20. The highest BCUT2D eigenvalue weighted by Crippen LogP contribution is 2.30. The van der Waals surface area contributed by atoms with Gasteiger partial charge in [-0.05, 0) is 28.8 Å². The number of benzene rings is 3. The van der Waals surface area contributed by atoms with Crippen molar-refractivity contribution < 1.29 is 19.1 Å². The van der Waals surface area contributed by atoms with Crippen LogP contribution in [0.2, 0.25) is 0 Å². The number of ether oxygens (including phenoxy) is 1. The molecule has 0 aliphatic carbocycles. The SMILES string of the molecule is O=C1CC(c2ccccc2)OC(=O)C1C(=O)Nc1ccc(-c2ccccc2)cc1. The molecule has 0 radical (unpaired) electrons. The van der Waals surface area contributed by atoms with Crippen molar-refractivity contribution >= 4 is 23.3 Å². The van der Waals surface area contributed by atoms with E-state index in [2.05, 4.69) is 5.32 Å². The van der Waals surface area contributed by atoms with Crippen LogP contribution in [0.5, 0.6) is 0 Å². The van der Waals surface area contributed by atoms with Gasteiger partial charge in [0.15, 0.2) is 11.7 Å². The molecule has 1 fully saturated rings. The third-order valence-electron chi connectivity index (χ3n) is 4.90. The number of nitrogens with one attached hydrogen (secondary N) is 1.